The Morgan fingerprint density at radius 3 is 2.00 bits per heavy atom. The minimum Gasteiger partial charge on any atom is -0.330 e. The van der Waals surface area contributed by atoms with Crippen molar-refractivity contribution in [2.24, 2.45) is 10.8 Å². The molecule has 0 aromatic rings. The fourth-order valence-electron chi connectivity index (χ4n) is 2.46. The van der Waals surface area contributed by atoms with Crippen molar-refractivity contribution in [2.45, 2.75) is 54.9 Å². The van der Waals surface area contributed by atoms with Crippen LogP contribution in [0.3, 0.4) is 0 Å². The molecule has 4 nitrogen and oxygen atoms in total. The van der Waals surface area contributed by atoms with Gasteiger partial charge in [0.25, 0.3) is 5.91 Å². The fraction of sp³-hybridized carbons (Fsp3) is 0.750. The Bertz CT molecular complexity index is 436. The fourth-order valence-corrected chi connectivity index (χ4v) is 2.46. The van der Waals surface area contributed by atoms with Gasteiger partial charge in [-0.05, 0) is 11.8 Å². The van der Waals surface area contributed by atoms with Crippen LogP contribution in [0.15, 0.2) is 11.3 Å². The predicted molar refractivity (Wildman–Crippen MR) is 80.9 cm³/mol. The van der Waals surface area contributed by atoms with Gasteiger partial charge in [-0.1, -0.05) is 48.5 Å². The smallest absolute Gasteiger partial charge is 0.252 e. The molecular weight excluding hydrogens is 252 g/mol. The molecule has 1 aliphatic rings. The summed E-state index contributed by atoms with van der Waals surface area (Å²) in [5, 5.41) is 2.97. The van der Waals surface area contributed by atoms with Crippen molar-refractivity contribution in [1.82, 2.24) is 10.2 Å². The summed E-state index contributed by atoms with van der Waals surface area (Å²) < 4.78 is 0. The van der Waals surface area contributed by atoms with Crippen LogP contribution >= 0.6 is 0 Å². The zero-order chi connectivity index (χ0) is 15.7. The predicted octanol–water partition coefficient (Wildman–Crippen LogP) is 2.70. The molecule has 20 heavy (non-hydrogen) atoms. The Hall–Kier alpha value is -1.32. The number of amides is 2. The van der Waals surface area contributed by atoms with Gasteiger partial charge in [0.15, 0.2) is 0 Å². The monoisotopic (exact) mass is 280 g/mol. The van der Waals surface area contributed by atoms with E-state index < -0.39 is 0 Å². The second-order valence-corrected chi connectivity index (χ2v) is 7.52. The topological polar surface area (TPSA) is 49.4 Å². The molecular formula is C16H28N2O2. The van der Waals surface area contributed by atoms with E-state index in [-0.39, 0.29) is 29.2 Å². The van der Waals surface area contributed by atoms with Crippen LogP contribution in [0.1, 0.15) is 54.9 Å². The van der Waals surface area contributed by atoms with Crippen molar-refractivity contribution in [1.29, 1.82) is 0 Å². The van der Waals surface area contributed by atoms with Crippen molar-refractivity contribution < 1.29 is 9.59 Å². The lowest BCUT2D eigenvalue weighted by Crippen LogP contribution is -2.38. The molecule has 0 atom stereocenters. The number of rotatable bonds is 2. The van der Waals surface area contributed by atoms with Gasteiger partial charge in [-0.25, -0.2) is 0 Å². The van der Waals surface area contributed by atoms with Gasteiger partial charge in [0.2, 0.25) is 5.91 Å². The standard InChI is InChI=1S/C16H28N2O2/c1-8-9-18-10-11(19)17-13(16(5,6)7)12(14(18)20)15(2,3)4/h8-10H2,1-7H3,(H,17,19). The first-order valence-electron chi connectivity index (χ1n) is 7.32. The number of carbonyl (C=O) groups is 2. The Kier molecular flexibility index (Phi) is 4.67. The summed E-state index contributed by atoms with van der Waals surface area (Å²) in [6.45, 7) is 14.9. The van der Waals surface area contributed by atoms with Gasteiger partial charge >= 0.3 is 0 Å². The van der Waals surface area contributed by atoms with Gasteiger partial charge in [-0.2, -0.15) is 0 Å². The van der Waals surface area contributed by atoms with Crippen molar-refractivity contribution in [2.75, 3.05) is 13.1 Å². The highest BCUT2D eigenvalue weighted by atomic mass is 16.2. The first kappa shape index (κ1) is 16.7. The third-order valence-corrected chi connectivity index (χ3v) is 3.34. The molecule has 0 spiro atoms. The molecule has 0 aromatic carbocycles. The highest BCUT2D eigenvalue weighted by Crippen LogP contribution is 2.37. The summed E-state index contributed by atoms with van der Waals surface area (Å²) in [6, 6.07) is 0. The Morgan fingerprint density at radius 1 is 1.05 bits per heavy atom. The lowest BCUT2D eigenvalue weighted by atomic mass is 9.78. The summed E-state index contributed by atoms with van der Waals surface area (Å²) in [6.07, 6.45) is 0.849. The van der Waals surface area contributed by atoms with E-state index in [1.165, 1.54) is 0 Å². The van der Waals surface area contributed by atoms with E-state index in [1.54, 1.807) is 4.90 Å². The quantitative estimate of drug-likeness (QED) is 0.845. The van der Waals surface area contributed by atoms with Crippen LogP contribution in [0, 0.1) is 10.8 Å². The van der Waals surface area contributed by atoms with E-state index in [1.807, 2.05) is 48.5 Å². The van der Waals surface area contributed by atoms with Crippen LogP contribution < -0.4 is 5.32 Å². The number of allylic oxidation sites excluding steroid dienone is 1. The number of nitrogens with one attached hydrogen (secondary N) is 1. The number of nitrogens with zero attached hydrogens (tertiary/aromatic N) is 1. The van der Waals surface area contributed by atoms with Crippen LogP contribution in [0.5, 0.6) is 0 Å². The SMILES string of the molecule is CCCN1CC(=O)NC(C(C)(C)C)=C(C(C)(C)C)C1=O. The minimum atomic E-state index is -0.302. The van der Waals surface area contributed by atoms with Crippen molar-refractivity contribution in [3.63, 3.8) is 0 Å². The second kappa shape index (κ2) is 5.58. The zero-order valence-electron chi connectivity index (χ0n) is 13.9. The van der Waals surface area contributed by atoms with Gasteiger partial charge in [0, 0.05) is 23.2 Å². The zero-order valence-corrected chi connectivity index (χ0v) is 13.9. The maximum atomic E-state index is 12.9. The Balaban J connectivity index is 3.46. The first-order valence-corrected chi connectivity index (χ1v) is 7.32. The number of hydrogen-bond acceptors (Lipinski definition) is 2. The largest absolute Gasteiger partial charge is 0.330 e. The van der Waals surface area contributed by atoms with Gasteiger partial charge in [0.05, 0.1) is 0 Å². The van der Waals surface area contributed by atoms with Crippen LogP contribution in [-0.2, 0) is 9.59 Å². The molecule has 1 heterocycles. The highest BCUT2D eigenvalue weighted by molar-refractivity contribution is 6.00. The average molecular weight is 280 g/mol. The third kappa shape index (κ3) is 3.62. The molecule has 0 unspecified atom stereocenters. The molecule has 1 N–H and O–H groups in total. The van der Waals surface area contributed by atoms with Gasteiger partial charge in [-0.3, -0.25) is 9.59 Å². The molecule has 0 bridgehead atoms. The Morgan fingerprint density at radius 2 is 1.60 bits per heavy atom. The number of carbonyl (C=O) groups excluding carboxylic acids is 2. The van der Waals surface area contributed by atoms with Crippen molar-refractivity contribution >= 4 is 11.8 Å². The van der Waals surface area contributed by atoms with E-state index in [2.05, 4.69) is 5.32 Å². The summed E-state index contributed by atoms with van der Waals surface area (Å²) in [7, 11) is 0. The summed E-state index contributed by atoms with van der Waals surface area (Å²) in [5.74, 6) is -0.112. The third-order valence-electron chi connectivity index (χ3n) is 3.34. The summed E-state index contributed by atoms with van der Waals surface area (Å²) >= 11 is 0. The lowest BCUT2D eigenvalue weighted by molar-refractivity contribution is -0.132. The summed E-state index contributed by atoms with van der Waals surface area (Å²) in [4.78, 5) is 26.6. The molecule has 1 aliphatic heterocycles. The molecule has 0 saturated carbocycles. The lowest BCUT2D eigenvalue weighted by Gasteiger charge is -2.32. The second-order valence-electron chi connectivity index (χ2n) is 7.52. The van der Waals surface area contributed by atoms with E-state index in [9.17, 15) is 9.59 Å². The Labute approximate surface area is 122 Å². The van der Waals surface area contributed by atoms with Crippen LogP contribution in [0.2, 0.25) is 0 Å². The van der Waals surface area contributed by atoms with E-state index in [4.69, 9.17) is 0 Å². The highest BCUT2D eigenvalue weighted by Gasteiger charge is 2.38. The van der Waals surface area contributed by atoms with Crippen LogP contribution in [0.25, 0.3) is 0 Å². The normalized spacial score (nSPS) is 18.2. The molecule has 0 aliphatic carbocycles. The van der Waals surface area contributed by atoms with Crippen molar-refractivity contribution in [3.8, 4) is 0 Å². The molecule has 114 valence electrons. The maximum absolute atomic E-state index is 12.9. The summed E-state index contributed by atoms with van der Waals surface area (Å²) in [5.41, 5.74) is 0.919. The molecule has 0 radical (unpaired) electrons. The van der Waals surface area contributed by atoms with E-state index in [0.717, 1.165) is 17.7 Å². The first-order chi connectivity index (χ1) is 8.98. The molecule has 0 aromatic heterocycles. The van der Waals surface area contributed by atoms with E-state index in [0.29, 0.717) is 6.54 Å². The van der Waals surface area contributed by atoms with E-state index >= 15 is 0 Å². The van der Waals surface area contributed by atoms with Gasteiger partial charge < -0.3 is 10.2 Å². The molecule has 0 saturated heterocycles. The average Bonchev–Trinajstić information content (AvgIpc) is 2.35. The van der Waals surface area contributed by atoms with Gasteiger partial charge in [-0.15, -0.1) is 0 Å². The van der Waals surface area contributed by atoms with Crippen LogP contribution in [0.4, 0.5) is 0 Å². The number of hydrogen-bond donors (Lipinski definition) is 1. The van der Waals surface area contributed by atoms with Gasteiger partial charge in [0.1, 0.15) is 6.54 Å². The molecule has 0 fully saturated rings. The minimum absolute atomic E-state index is 0.0115. The maximum Gasteiger partial charge on any atom is 0.252 e. The molecule has 1 rings (SSSR count). The van der Waals surface area contributed by atoms with Crippen molar-refractivity contribution in [3.05, 3.63) is 11.3 Å². The molecule has 4 heteroatoms. The molecule has 2 amide bonds. The van der Waals surface area contributed by atoms with Crippen LogP contribution in [-0.4, -0.2) is 29.8 Å².